The third-order valence-electron chi connectivity index (χ3n) is 4.38. The second-order valence-corrected chi connectivity index (χ2v) is 8.37. The smallest absolute Gasteiger partial charge is 0.336 e. The van der Waals surface area contributed by atoms with Crippen LogP contribution >= 0.6 is 0 Å². The molecule has 9 nitrogen and oxygen atoms in total. The molecule has 32 heavy (non-hydrogen) atoms. The van der Waals surface area contributed by atoms with Gasteiger partial charge in [-0.15, -0.1) is 0 Å². The predicted molar refractivity (Wildman–Crippen MR) is 120 cm³/mol. The van der Waals surface area contributed by atoms with Gasteiger partial charge in [-0.05, 0) is 59.7 Å². The maximum atomic E-state index is 13.1. The number of amidine groups is 1. The first-order valence-corrected chi connectivity index (χ1v) is 11.0. The van der Waals surface area contributed by atoms with Crippen LogP contribution < -0.4 is 15.2 Å². The molecule has 0 atom stereocenters. The normalized spacial score (nSPS) is 10.9. The number of aromatic carboxylic acids is 1. The molecule has 1 amide bonds. The standard InChI is InChI=1S/C22H19N3O6S/c1-32(29,30)31-15-10-11-17(16-4-2-3-5-18(16)22(27)28)19(12-15)21(26)25-14-8-6-13(7-9-14)20(23)24/h2-12H,1H3,(H3,23,24)(H,25,26)(H,27,28). The second kappa shape index (κ2) is 8.90. The number of nitrogens with one attached hydrogen (secondary N) is 2. The molecular formula is C22H19N3O6S. The predicted octanol–water partition coefficient (Wildman–Crippen LogP) is 2.93. The zero-order valence-corrected chi connectivity index (χ0v) is 17.6. The molecule has 0 aliphatic carbocycles. The van der Waals surface area contributed by atoms with E-state index in [1.54, 1.807) is 42.5 Å². The van der Waals surface area contributed by atoms with Crippen LogP contribution in [-0.4, -0.2) is 37.5 Å². The molecule has 0 fully saturated rings. The molecule has 3 aromatic carbocycles. The van der Waals surface area contributed by atoms with Crippen molar-refractivity contribution in [2.24, 2.45) is 5.73 Å². The Kier molecular flexibility index (Phi) is 6.26. The molecule has 0 aromatic heterocycles. The lowest BCUT2D eigenvalue weighted by atomic mass is 9.94. The van der Waals surface area contributed by atoms with Gasteiger partial charge in [0.05, 0.1) is 17.4 Å². The Bertz CT molecular complexity index is 1320. The van der Waals surface area contributed by atoms with Gasteiger partial charge in [0.1, 0.15) is 11.6 Å². The van der Waals surface area contributed by atoms with Gasteiger partial charge in [0.2, 0.25) is 0 Å². The molecule has 0 unspecified atom stereocenters. The number of hydrogen-bond donors (Lipinski definition) is 4. The number of anilines is 1. The minimum Gasteiger partial charge on any atom is -0.478 e. The Balaban J connectivity index is 2.08. The number of benzene rings is 3. The summed E-state index contributed by atoms with van der Waals surface area (Å²) in [5.41, 5.74) is 6.85. The monoisotopic (exact) mass is 453 g/mol. The third kappa shape index (κ3) is 5.29. The maximum absolute atomic E-state index is 13.1. The van der Waals surface area contributed by atoms with Gasteiger partial charge in [0, 0.05) is 11.3 Å². The molecule has 0 spiro atoms. The minimum atomic E-state index is -3.85. The Hall–Kier alpha value is -4.18. The van der Waals surface area contributed by atoms with Gasteiger partial charge in [-0.25, -0.2) is 4.79 Å². The van der Waals surface area contributed by atoms with E-state index in [-0.39, 0.29) is 33.8 Å². The van der Waals surface area contributed by atoms with Crippen LogP contribution in [0.15, 0.2) is 66.7 Å². The summed E-state index contributed by atoms with van der Waals surface area (Å²) in [5.74, 6) is -2.01. The lowest BCUT2D eigenvalue weighted by Gasteiger charge is -2.14. The summed E-state index contributed by atoms with van der Waals surface area (Å²) in [6.07, 6.45) is 0.872. The highest BCUT2D eigenvalue weighted by Gasteiger charge is 2.20. The maximum Gasteiger partial charge on any atom is 0.336 e. The number of amides is 1. The van der Waals surface area contributed by atoms with Gasteiger partial charge in [0.25, 0.3) is 5.91 Å². The minimum absolute atomic E-state index is 0.00972. The molecular weight excluding hydrogens is 434 g/mol. The van der Waals surface area contributed by atoms with Crippen molar-refractivity contribution >= 4 is 33.5 Å². The largest absolute Gasteiger partial charge is 0.478 e. The lowest BCUT2D eigenvalue weighted by Crippen LogP contribution is -2.15. The SMILES string of the molecule is CS(=O)(=O)Oc1ccc(-c2ccccc2C(=O)O)c(C(=O)Nc2ccc(C(=N)N)cc2)c1. The summed E-state index contributed by atoms with van der Waals surface area (Å²) in [4.78, 5) is 24.8. The van der Waals surface area contributed by atoms with Crippen molar-refractivity contribution in [3.05, 3.63) is 83.4 Å². The Morgan fingerprint density at radius 3 is 2.19 bits per heavy atom. The van der Waals surface area contributed by atoms with Crippen LogP contribution in [0.4, 0.5) is 5.69 Å². The number of hydrogen-bond acceptors (Lipinski definition) is 6. The van der Waals surface area contributed by atoms with E-state index < -0.39 is 22.0 Å². The Morgan fingerprint density at radius 2 is 1.59 bits per heavy atom. The number of rotatable bonds is 7. The van der Waals surface area contributed by atoms with Crippen molar-refractivity contribution in [2.45, 2.75) is 0 Å². The van der Waals surface area contributed by atoms with Crippen LogP contribution in [0.1, 0.15) is 26.3 Å². The first-order chi connectivity index (χ1) is 15.0. The zero-order valence-electron chi connectivity index (χ0n) is 16.8. The van der Waals surface area contributed by atoms with E-state index in [0.717, 1.165) is 6.26 Å². The van der Waals surface area contributed by atoms with Crippen LogP contribution in [0.5, 0.6) is 5.75 Å². The number of nitrogens with two attached hydrogens (primary N) is 1. The molecule has 0 aliphatic heterocycles. The number of carbonyl (C=O) groups is 2. The summed E-state index contributed by atoms with van der Waals surface area (Å²) in [6, 6.07) is 16.4. The van der Waals surface area contributed by atoms with Gasteiger partial charge in [-0.2, -0.15) is 8.42 Å². The summed E-state index contributed by atoms with van der Waals surface area (Å²) < 4.78 is 28.0. The Labute approximate surface area is 184 Å². The fraction of sp³-hybridized carbons (Fsp3) is 0.0455. The third-order valence-corrected chi connectivity index (χ3v) is 4.88. The van der Waals surface area contributed by atoms with E-state index in [1.807, 2.05) is 0 Å². The van der Waals surface area contributed by atoms with E-state index in [1.165, 1.54) is 24.3 Å². The number of carboxylic acids is 1. The van der Waals surface area contributed by atoms with E-state index in [0.29, 0.717) is 11.3 Å². The summed E-state index contributed by atoms with van der Waals surface area (Å²) in [7, 11) is -3.85. The zero-order chi connectivity index (χ0) is 23.5. The topological polar surface area (TPSA) is 160 Å². The Morgan fingerprint density at radius 1 is 0.969 bits per heavy atom. The summed E-state index contributed by atoms with van der Waals surface area (Å²) >= 11 is 0. The van der Waals surface area contributed by atoms with Crippen molar-refractivity contribution in [1.29, 1.82) is 5.41 Å². The van der Waals surface area contributed by atoms with Crippen LogP contribution in [0.2, 0.25) is 0 Å². The van der Waals surface area contributed by atoms with Gasteiger partial charge < -0.3 is 20.3 Å². The number of nitrogen functional groups attached to an aromatic ring is 1. The van der Waals surface area contributed by atoms with Gasteiger partial charge in [-0.1, -0.05) is 18.2 Å². The van der Waals surface area contributed by atoms with Crippen LogP contribution in [0.25, 0.3) is 11.1 Å². The quantitative estimate of drug-likeness (QED) is 0.243. The highest BCUT2D eigenvalue weighted by atomic mass is 32.2. The first kappa shape index (κ1) is 22.5. The van der Waals surface area contributed by atoms with Crippen LogP contribution in [0.3, 0.4) is 0 Å². The van der Waals surface area contributed by atoms with E-state index in [2.05, 4.69) is 5.32 Å². The molecule has 10 heteroatoms. The molecule has 0 heterocycles. The van der Waals surface area contributed by atoms with Crippen molar-refractivity contribution in [3.8, 4) is 16.9 Å². The summed E-state index contributed by atoms with van der Waals surface area (Å²) in [6.45, 7) is 0. The van der Waals surface area contributed by atoms with Crippen molar-refractivity contribution in [1.82, 2.24) is 0 Å². The van der Waals surface area contributed by atoms with E-state index >= 15 is 0 Å². The molecule has 0 bridgehead atoms. The molecule has 3 aromatic rings. The average Bonchev–Trinajstić information content (AvgIpc) is 2.73. The van der Waals surface area contributed by atoms with Crippen molar-refractivity contribution in [2.75, 3.05) is 11.6 Å². The highest BCUT2D eigenvalue weighted by molar-refractivity contribution is 7.86. The highest BCUT2D eigenvalue weighted by Crippen LogP contribution is 2.31. The number of carboxylic acid groups (broad SMARTS) is 1. The molecule has 0 radical (unpaired) electrons. The molecule has 3 rings (SSSR count). The average molecular weight is 453 g/mol. The number of carbonyl (C=O) groups excluding carboxylic acids is 1. The summed E-state index contributed by atoms with van der Waals surface area (Å²) in [5, 5.41) is 19.6. The van der Waals surface area contributed by atoms with E-state index in [9.17, 15) is 23.1 Å². The fourth-order valence-electron chi connectivity index (χ4n) is 3.01. The molecule has 0 aliphatic rings. The fourth-order valence-corrected chi connectivity index (χ4v) is 3.46. The van der Waals surface area contributed by atoms with Crippen LogP contribution in [0, 0.1) is 5.41 Å². The molecule has 0 saturated heterocycles. The van der Waals surface area contributed by atoms with Gasteiger partial charge >= 0.3 is 16.1 Å². The van der Waals surface area contributed by atoms with Crippen molar-refractivity contribution in [3.63, 3.8) is 0 Å². The van der Waals surface area contributed by atoms with Crippen LogP contribution in [-0.2, 0) is 10.1 Å². The van der Waals surface area contributed by atoms with Gasteiger partial charge in [0.15, 0.2) is 0 Å². The van der Waals surface area contributed by atoms with Gasteiger partial charge in [-0.3, -0.25) is 10.2 Å². The molecule has 5 N–H and O–H groups in total. The molecule has 0 saturated carbocycles. The molecule has 164 valence electrons. The first-order valence-electron chi connectivity index (χ1n) is 9.17. The lowest BCUT2D eigenvalue weighted by molar-refractivity contribution is 0.0697. The van der Waals surface area contributed by atoms with Crippen molar-refractivity contribution < 1.29 is 27.3 Å². The second-order valence-electron chi connectivity index (χ2n) is 6.79. The van der Waals surface area contributed by atoms with E-state index in [4.69, 9.17) is 15.3 Å².